The Hall–Kier alpha value is -15.4. The SMILES string of the molecule is CN1C(=O)NC(=O)C12Cc1ccc(Br)cc1C2.CN1C(=O)NC(=O)C12Cc1ccccc1C2.CN1C(=O)NC(=O)C12Cc1ccccc1C2.COc1ccc(CN2C(=O)N(C)C3(Cc4ccc(Br)cc4C3)C2=O)cc1.Cc1ccc2c(c1)C[C@@]1(C2)C(=O)NC(=O)N1C.O=C1Cc2ccccc2C1.O=C1NC(=O)C2(Cc3ccc(Br)cc3C2)N1.O=C1NC(=O)C2(Cc3ccccc3C2)N1.O=C=O.O=C=O.O=C=O.[2HH]. The molecule has 0 aromatic heterocycles. The van der Waals surface area contributed by atoms with Gasteiger partial charge in [-0.25, -0.2) is 33.6 Å². The maximum atomic E-state index is 13.3. The van der Waals surface area contributed by atoms with E-state index in [0.717, 1.165) is 69.2 Å². The zero-order chi connectivity index (χ0) is 102. The van der Waals surface area contributed by atoms with Gasteiger partial charge in [0.25, 0.3) is 41.4 Å². The summed E-state index contributed by atoms with van der Waals surface area (Å²) < 4.78 is 8.14. The summed E-state index contributed by atoms with van der Waals surface area (Å²) in [5, 5.41) is 19.6. The van der Waals surface area contributed by atoms with Crippen LogP contribution >= 0.6 is 47.8 Å². The summed E-state index contributed by atoms with van der Waals surface area (Å²) >= 11 is 10.3. The van der Waals surface area contributed by atoms with E-state index < -0.39 is 44.8 Å². The van der Waals surface area contributed by atoms with Gasteiger partial charge in [-0.1, -0.05) is 199 Å². The second-order valence-electron chi connectivity index (χ2n) is 36.7. The van der Waals surface area contributed by atoms with Gasteiger partial charge in [-0.3, -0.25) is 75.2 Å². The van der Waals surface area contributed by atoms with E-state index in [1.165, 1.54) is 69.7 Å². The molecule has 8 aliphatic carbocycles. The molecule has 7 saturated heterocycles. The number of aryl methyl sites for hydroxylation is 1. The number of Topliss-reactive ketones (excluding diaryl/α,β-unsaturated/α-hetero) is 1. The number of rotatable bonds is 3. The van der Waals surface area contributed by atoms with E-state index in [1.807, 2.05) is 189 Å². The lowest BCUT2D eigenvalue weighted by atomic mass is 9.94. The number of hydrogen-bond acceptors (Lipinski definition) is 22. The predicted molar refractivity (Wildman–Crippen MR) is 515 cm³/mol. The number of likely N-dealkylation sites (N-methyl/N-ethyl adjacent to an activating group) is 5. The molecule has 15 aliphatic rings. The lowest BCUT2D eigenvalue weighted by Crippen LogP contribution is -2.48. The van der Waals surface area contributed by atoms with Crippen LogP contribution in [0.5, 0.6) is 5.75 Å². The molecule has 7 spiro atoms. The predicted octanol–water partition coefficient (Wildman–Crippen LogP) is 8.62. The molecule has 0 saturated carbocycles. The van der Waals surface area contributed by atoms with Crippen LogP contribution in [0.3, 0.4) is 0 Å². The second kappa shape index (κ2) is 41.6. The molecular formula is C103H97Br3N14O22. The van der Waals surface area contributed by atoms with E-state index >= 15 is 0 Å². The number of amides is 21. The molecule has 7 aliphatic heterocycles. The molecule has 142 heavy (non-hydrogen) atoms. The van der Waals surface area contributed by atoms with Crippen LogP contribution in [-0.2, 0) is 176 Å². The molecule has 21 amide bonds. The summed E-state index contributed by atoms with van der Waals surface area (Å²) in [6.07, 6.45) is 10.4. The zero-order valence-corrected chi connectivity index (χ0v) is 82.6. The van der Waals surface area contributed by atoms with E-state index in [0.29, 0.717) is 109 Å². The number of methoxy groups -OCH3 is 1. The van der Waals surface area contributed by atoms with Crippen molar-refractivity contribution in [3.05, 3.63) is 308 Å². The fourth-order valence-corrected chi connectivity index (χ4v) is 22.1. The highest BCUT2D eigenvalue weighted by Gasteiger charge is 2.61. The summed E-state index contributed by atoms with van der Waals surface area (Å²) in [6.45, 7) is 2.31. The summed E-state index contributed by atoms with van der Waals surface area (Å²) in [4.78, 5) is 235. The summed E-state index contributed by atoms with van der Waals surface area (Å²) in [6, 6.07) is 61.3. The first-order valence-corrected chi connectivity index (χ1v) is 47.1. The zero-order valence-electron chi connectivity index (χ0n) is 77.8. The maximum Gasteiger partial charge on any atom is 0.373 e. The number of benzene rings is 9. The highest BCUT2D eigenvalue weighted by molar-refractivity contribution is 9.11. The molecule has 0 radical (unpaired) electrons. The first kappa shape index (κ1) is 102. The van der Waals surface area contributed by atoms with Crippen molar-refractivity contribution in [2.45, 2.75) is 155 Å². The first-order valence-electron chi connectivity index (χ1n) is 44.7. The van der Waals surface area contributed by atoms with E-state index in [1.54, 1.807) is 52.1 Å². The van der Waals surface area contributed by atoms with Crippen LogP contribution in [0.2, 0.25) is 0 Å². The quantitative estimate of drug-likeness (QED) is 0.0767. The number of fused-ring (bicyclic) bond motifs is 8. The fourth-order valence-electron chi connectivity index (χ4n) is 20.9. The number of imide groups is 7. The smallest absolute Gasteiger partial charge is 0.373 e. The third kappa shape index (κ3) is 20.0. The van der Waals surface area contributed by atoms with Crippen molar-refractivity contribution in [3.8, 4) is 5.75 Å². The van der Waals surface area contributed by atoms with Gasteiger partial charge in [-0.05, 0) is 150 Å². The highest BCUT2D eigenvalue weighted by Crippen LogP contribution is 2.45. The first-order chi connectivity index (χ1) is 67.6. The maximum absolute atomic E-state index is 13.3. The number of ketones is 1. The Balaban J connectivity index is 0.000000137. The Kier molecular flexibility index (Phi) is 30.0. The van der Waals surface area contributed by atoms with Gasteiger partial charge < -0.3 is 39.9 Å². The largest absolute Gasteiger partial charge is 0.497 e. The average molecular weight is 2120 g/mol. The summed E-state index contributed by atoms with van der Waals surface area (Å²) in [7, 11) is 10.1. The standard InChI is InChI=1S/C20H19BrN2O3.C13H14N2O2.C12H11BrN2O2.2C12H12N2O2.C11H9BrN2O2.C11H10N2O2.C9H8O.3CO2.H2/c1-22-19(25)23(12-13-3-7-17(26-2)8-4-13)18(24)20(22)10-14-5-6-16(21)9-15(14)11-20;1-8-3-4-9-6-13(7-10(9)5-8)11(16)14-12(17)15(13)2;1-15-11(17)14-10(16)12(15)5-7-2-3-9(13)4-8(7)6-12;2*1-14-11(16)13-10(15)12(14)6-8-4-2-3-5-9(8)7-12;12-8-2-1-6-4-11(5-7(6)3-8)9(15)13-10(16)14-11;14-9-11(13-10(15)12-9)5-7-3-1-2-4-8(7)6-11;10-9-5-7-3-1-2-4-8(7)6-9;3*2-1-3;/h3-9H,10-12H2,1-2H3;3-5H,6-7H2,1-2H3,(H,14,16,17);2-4H,5-6H2,1H3,(H,14,16,17);2*2-5H,6-7H2,1H3,(H,13,15,16);1-3H,4-5H2,(H2,13,14,15,16);1-4H,5-6H2,(H2,12,13,14,15);1-4H,5-6H2;;;;1H/t;13-;;;;;;;;;;/m.0........../s1/i;;;;;;;;;;;1+1. The minimum Gasteiger partial charge on any atom is -0.497 e. The van der Waals surface area contributed by atoms with Crippen LogP contribution in [0, 0.1) is 6.92 Å². The van der Waals surface area contributed by atoms with Crippen molar-refractivity contribution in [2.24, 2.45) is 0 Å². The summed E-state index contributed by atoms with van der Waals surface area (Å²) in [5.41, 5.74) is 15.6. The molecule has 0 bridgehead atoms. The number of nitrogens with zero attached hydrogens (tertiary/aromatic N) is 6. The molecule has 732 valence electrons. The highest BCUT2D eigenvalue weighted by atomic mass is 79.9. The van der Waals surface area contributed by atoms with Gasteiger partial charge in [-0.15, -0.1) is 0 Å². The molecule has 7 heterocycles. The van der Waals surface area contributed by atoms with Crippen molar-refractivity contribution in [1.82, 2.24) is 71.9 Å². The number of ether oxygens (including phenoxy) is 1. The number of nitrogens with one attached hydrogen (secondary N) is 8. The van der Waals surface area contributed by atoms with Gasteiger partial charge in [0.2, 0.25) is 0 Å². The van der Waals surface area contributed by atoms with Crippen molar-refractivity contribution in [1.29, 1.82) is 0 Å². The fraction of sp³-hybridized carbons (Fsp3) is 0.301. The topological polar surface area (TPSA) is 483 Å². The molecule has 24 rings (SSSR count). The Morgan fingerprint density at radius 2 is 0.570 bits per heavy atom. The van der Waals surface area contributed by atoms with Crippen molar-refractivity contribution in [2.75, 3.05) is 42.3 Å². The molecule has 39 heteroatoms. The van der Waals surface area contributed by atoms with Gasteiger partial charge >= 0.3 is 60.7 Å². The van der Waals surface area contributed by atoms with Gasteiger partial charge in [0.1, 0.15) is 50.3 Å². The van der Waals surface area contributed by atoms with Crippen molar-refractivity contribution < 1.29 is 107 Å². The Morgan fingerprint density at radius 3 is 0.873 bits per heavy atom. The minimum absolute atomic E-state index is 0. The van der Waals surface area contributed by atoms with Crippen molar-refractivity contribution in [3.63, 3.8) is 0 Å². The monoisotopic (exact) mass is 2120 g/mol. The van der Waals surface area contributed by atoms with E-state index in [9.17, 15) is 71.9 Å². The minimum atomic E-state index is -0.799. The van der Waals surface area contributed by atoms with Gasteiger partial charge in [0, 0.05) is 153 Å². The van der Waals surface area contributed by atoms with Crippen LogP contribution < -0.4 is 47.3 Å². The van der Waals surface area contributed by atoms with E-state index in [2.05, 4.69) is 102 Å². The Labute approximate surface area is 839 Å². The van der Waals surface area contributed by atoms with Gasteiger partial charge in [0.05, 0.1) is 13.7 Å². The number of carbonyl (C=O) groups excluding carboxylic acids is 21. The van der Waals surface area contributed by atoms with Crippen LogP contribution in [0.4, 0.5) is 33.6 Å². The lowest BCUT2D eigenvalue weighted by molar-refractivity contribution is -0.193. The van der Waals surface area contributed by atoms with Crippen LogP contribution in [-0.4, -0.2) is 218 Å². The third-order valence-electron chi connectivity index (χ3n) is 28.6. The molecule has 7 fully saturated rings. The van der Waals surface area contributed by atoms with Crippen LogP contribution in [0.1, 0.15) is 102 Å². The summed E-state index contributed by atoms with van der Waals surface area (Å²) in [5.74, 6) is -0.135. The number of halogens is 3. The van der Waals surface area contributed by atoms with Crippen LogP contribution in [0.25, 0.3) is 0 Å². The average Bonchev–Trinajstić information content (AvgIpc) is 1.55. The second-order valence-corrected chi connectivity index (χ2v) is 39.4. The molecule has 9 aromatic rings. The molecule has 4 atom stereocenters. The van der Waals surface area contributed by atoms with Crippen molar-refractivity contribution >= 4 is 156 Å². The molecular weight excluding hydrogens is 2020 g/mol. The van der Waals surface area contributed by atoms with Gasteiger partial charge in [0.15, 0.2) is 0 Å². The lowest BCUT2D eigenvalue weighted by Gasteiger charge is -2.27. The Bertz CT molecular complexity index is 6540. The number of hydrogen-bond donors (Lipinski definition) is 8. The molecule has 3 unspecified atom stereocenters. The third-order valence-corrected chi connectivity index (χ3v) is 30.1. The molecule has 9 aromatic carbocycles. The van der Waals surface area contributed by atoms with Crippen LogP contribution in [0.15, 0.2) is 208 Å². The molecule has 36 nitrogen and oxygen atoms in total. The Morgan fingerprint density at radius 1 is 0.310 bits per heavy atom. The molecule has 8 N–H and O–H groups in total. The normalized spacial score (nSPS) is 21.7. The van der Waals surface area contributed by atoms with E-state index in [4.69, 9.17) is 33.5 Å². The number of urea groups is 7. The van der Waals surface area contributed by atoms with Gasteiger partial charge in [-0.2, -0.15) is 28.8 Å². The van der Waals surface area contributed by atoms with E-state index in [-0.39, 0.29) is 104 Å². The number of carbonyl (C=O) groups is 15.